The summed E-state index contributed by atoms with van der Waals surface area (Å²) in [6, 6.07) is 10.5. The maximum Gasteiger partial charge on any atom is 0.255 e. The van der Waals surface area contributed by atoms with Crippen LogP contribution in [0.15, 0.2) is 36.4 Å². The van der Waals surface area contributed by atoms with Crippen molar-refractivity contribution < 1.29 is 33.6 Å². The van der Waals surface area contributed by atoms with Gasteiger partial charge in [0.05, 0.1) is 19.1 Å². The molecule has 2 aromatic rings. The summed E-state index contributed by atoms with van der Waals surface area (Å²) in [6.45, 7) is -0.0526. The molecule has 3 heterocycles. The average Bonchev–Trinajstić information content (AvgIpc) is 3.42. The molecule has 0 saturated carbocycles. The maximum absolute atomic E-state index is 12.8. The van der Waals surface area contributed by atoms with E-state index in [0.29, 0.717) is 34.9 Å². The summed E-state index contributed by atoms with van der Waals surface area (Å²) in [5, 5.41) is 12.8. The number of fused-ring (bicyclic) bond motifs is 4. The Morgan fingerprint density at radius 2 is 1.88 bits per heavy atom. The van der Waals surface area contributed by atoms with Crippen LogP contribution in [0.25, 0.3) is 0 Å². The fourth-order valence-electron chi connectivity index (χ4n) is 4.59. The van der Waals surface area contributed by atoms with Gasteiger partial charge >= 0.3 is 0 Å². The van der Waals surface area contributed by atoms with E-state index in [1.807, 2.05) is 12.1 Å². The van der Waals surface area contributed by atoms with Crippen molar-refractivity contribution in [1.29, 1.82) is 0 Å². The zero-order chi connectivity index (χ0) is 23.1. The first-order valence-electron chi connectivity index (χ1n) is 10.9. The number of nitrogens with zero attached hydrogens (tertiary/aromatic N) is 1. The third kappa shape index (κ3) is 4.09. The van der Waals surface area contributed by atoms with Gasteiger partial charge in [0.2, 0.25) is 12.7 Å². The first kappa shape index (κ1) is 21.5. The molecule has 1 fully saturated rings. The molecule has 5 rings (SSSR count). The molecule has 9 heteroatoms. The molecule has 4 atom stereocenters. The van der Waals surface area contributed by atoms with Crippen molar-refractivity contribution in [3.63, 3.8) is 0 Å². The second kappa shape index (κ2) is 8.57. The van der Waals surface area contributed by atoms with E-state index in [1.54, 1.807) is 38.4 Å². The minimum absolute atomic E-state index is 0.0287. The number of nitrogens with one attached hydrogen (secondary N) is 1. The number of aliphatic hydroxyl groups excluding tert-OH is 1. The van der Waals surface area contributed by atoms with E-state index in [9.17, 15) is 14.7 Å². The molecular weight excluding hydrogens is 428 g/mol. The van der Waals surface area contributed by atoms with E-state index in [0.717, 1.165) is 5.56 Å². The highest BCUT2D eigenvalue weighted by atomic mass is 16.7. The number of rotatable bonds is 5. The van der Waals surface area contributed by atoms with E-state index >= 15 is 0 Å². The smallest absolute Gasteiger partial charge is 0.255 e. The molecule has 174 valence electrons. The Morgan fingerprint density at radius 3 is 2.67 bits per heavy atom. The second-order valence-corrected chi connectivity index (χ2v) is 8.67. The molecule has 0 aromatic heterocycles. The molecule has 0 aliphatic carbocycles. The minimum Gasteiger partial charge on any atom is -0.487 e. The van der Waals surface area contributed by atoms with Gasteiger partial charge in [-0.3, -0.25) is 9.59 Å². The lowest BCUT2D eigenvalue weighted by molar-refractivity contribution is -0.147. The molecule has 9 nitrogen and oxygen atoms in total. The average molecular weight is 454 g/mol. The topological polar surface area (TPSA) is 107 Å². The summed E-state index contributed by atoms with van der Waals surface area (Å²) >= 11 is 0. The molecule has 2 amide bonds. The predicted molar refractivity (Wildman–Crippen MR) is 118 cm³/mol. The predicted octanol–water partition coefficient (Wildman–Crippen LogP) is 2.14. The third-order valence-electron chi connectivity index (χ3n) is 6.29. The Bertz CT molecular complexity index is 1090. The quantitative estimate of drug-likeness (QED) is 0.713. The molecular formula is C24H26N2O7. The third-order valence-corrected chi connectivity index (χ3v) is 6.29. The summed E-state index contributed by atoms with van der Waals surface area (Å²) in [7, 11) is 3.42. The Hall–Kier alpha value is -3.30. The van der Waals surface area contributed by atoms with Crippen LogP contribution in [-0.2, 0) is 9.53 Å². The van der Waals surface area contributed by atoms with Crippen molar-refractivity contribution in [3.05, 3.63) is 47.5 Å². The maximum atomic E-state index is 12.8. The van der Waals surface area contributed by atoms with Gasteiger partial charge in [-0.2, -0.15) is 0 Å². The number of hydrogen-bond donors (Lipinski definition) is 2. The van der Waals surface area contributed by atoms with Crippen LogP contribution in [-0.4, -0.2) is 67.6 Å². The fraction of sp³-hybridized carbons (Fsp3) is 0.417. The Balaban J connectivity index is 1.34. The van der Waals surface area contributed by atoms with Gasteiger partial charge in [0.15, 0.2) is 11.5 Å². The van der Waals surface area contributed by atoms with Crippen LogP contribution in [0.1, 0.15) is 34.7 Å². The molecule has 2 aromatic carbocycles. The standard InChI is InChI=1S/C24H26N2O7/c1-26(2)22(28)10-15-9-17-16-8-14(4-6-18(16)33-23(17)21(11-27)32-15)25-24(29)13-3-5-19-20(7-13)31-12-30-19/h3-8,15,17,21,23,27H,9-12H2,1-2H3,(H,25,29)/t15-,17-,21+,23+/m1/s1. The first-order chi connectivity index (χ1) is 15.9. The second-order valence-electron chi connectivity index (χ2n) is 8.67. The molecule has 1 saturated heterocycles. The summed E-state index contributed by atoms with van der Waals surface area (Å²) in [5.41, 5.74) is 2.03. The van der Waals surface area contributed by atoms with Gasteiger partial charge < -0.3 is 34.3 Å². The van der Waals surface area contributed by atoms with E-state index in [4.69, 9.17) is 18.9 Å². The normalized spacial score (nSPS) is 24.5. The number of amides is 2. The summed E-state index contributed by atoms with van der Waals surface area (Å²) in [4.78, 5) is 26.5. The number of anilines is 1. The highest BCUT2D eigenvalue weighted by Crippen LogP contribution is 2.47. The first-order valence-corrected chi connectivity index (χ1v) is 10.9. The number of aliphatic hydroxyl groups is 1. The lowest BCUT2D eigenvalue weighted by Gasteiger charge is -2.37. The van der Waals surface area contributed by atoms with Crippen LogP contribution in [0.4, 0.5) is 5.69 Å². The van der Waals surface area contributed by atoms with Gasteiger partial charge in [0, 0.05) is 36.8 Å². The molecule has 33 heavy (non-hydrogen) atoms. The monoisotopic (exact) mass is 454 g/mol. The van der Waals surface area contributed by atoms with Crippen molar-refractivity contribution in [2.75, 3.05) is 32.8 Å². The van der Waals surface area contributed by atoms with Crippen LogP contribution in [0.3, 0.4) is 0 Å². The van der Waals surface area contributed by atoms with Crippen LogP contribution in [0.2, 0.25) is 0 Å². The van der Waals surface area contributed by atoms with Crippen molar-refractivity contribution in [2.24, 2.45) is 0 Å². The highest BCUT2D eigenvalue weighted by Gasteiger charge is 2.46. The van der Waals surface area contributed by atoms with E-state index in [1.165, 1.54) is 4.90 Å². The van der Waals surface area contributed by atoms with Crippen molar-refractivity contribution in [1.82, 2.24) is 4.90 Å². The minimum atomic E-state index is -0.525. The van der Waals surface area contributed by atoms with Crippen LogP contribution in [0, 0.1) is 0 Å². The zero-order valence-electron chi connectivity index (χ0n) is 18.4. The Kier molecular flexibility index (Phi) is 5.59. The SMILES string of the molecule is CN(C)C(=O)C[C@H]1C[C@@H]2c3cc(NC(=O)c4ccc5c(c4)OCO5)ccc3O[C@@H]2[C@H](CO)O1. The highest BCUT2D eigenvalue weighted by molar-refractivity contribution is 6.04. The van der Waals surface area contributed by atoms with Crippen molar-refractivity contribution in [2.45, 2.75) is 37.1 Å². The van der Waals surface area contributed by atoms with Crippen LogP contribution in [0.5, 0.6) is 17.2 Å². The molecule has 3 aliphatic heterocycles. The number of benzene rings is 2. The van der Waals surface area contributed by atoms with Gasteiger partial charge in [-0.25, -0.2) is 0 Å². The van der Waals surface area contributed by atoms with Crippen LogP contribution >= 0.6 is 0 Å². The lowest BCUT2D eigenvalue weighted by atomic mass is 9.84. The molecule has 3 aliphatic rings. The van der Waals surface area contributed by atoms with Gasteiger partial charge in [-0.1, -0.05) is 0 Å². The van der Waals surface area contributed by atoms with E-state index in [-0.39, 0.29) is 49.8 Å². The van der Waals surface area contributed by atoms with Gasteiger partial charge in [0.25, 0.3) is 5.91 Å². The van der Waals surface area contributed by atoms with Crippen molar-refractivity contribution in [3.8, 4) is 17.2 Å². The molecule has 0 unspecified atom stereocenters. The zero-order valence-corrected chi connectivity index (χ0v) is 18.4. The summed E-state index contributed by atoms with van der Waals surface area (Å²) in [6.07, 6.45) is -0.353. The van der Waals surface area contributed by atoms with Gasteiger partial charge in [-0.05, 0) is 42.8 Å². The molecule has 0 radical (unpaired) electrons. The number of carbonyl (C=O) groups is 2. The number of carbonyl (C=O) groups excluding carboxylic acids is 2. The Morgan fingerprint density at radius 1 is 1.09 bits per heavy atom. The van der Waals surface area contributed by atoms with Crippen LogP contribution < -0.4 is 19.5 Å². The number of ether oxygens (including phenoxy) is 4. The fourth-order valence-corrected chi connectivity index (χ4v) is 4.59. The summed E-state index contributed by atoms with van der Waals surface area (Å²) < 4.78 is 22.7. The largest absolute Gasteiger partial charge is 0.487 e. The van der Waals surface area contributed by atoms with E-state index in [2.05, 4.69) is 5.32 Å². The van der Waals surface area contributed by atoms with E-state index < -0.39 is 6.10 Å². The van der Waals surface area contributed by atoms with Gasteiger partial charge in [-0.15, -0.1) is 0 Å². The van der Waals surface area contributed by atoms with Gasteiger partial charge in [0.1, 0.15) is 18.0 Å². The van der Waals surface area contributed by atoms with Crippen molar-refractivity contribution >= 4 is 17.5 Å². The lowest BCUT2D eigenvalue weighted by Crippen LogP contribution is -2.47. The Labute approximate surface area is 191 Å². The molecule has 2 N–H and O–H groups in total. The molecule has 0 bridgehead atoms. The summed E-state index contributed by atoms with van der Waals surface area (Å²) in [5.74, 6) is 1.52. The number of hydrogen-bond acceptors (Lipinski definition) is 7. The molecule has 0 spiro atoms.